The number of para-hydroxylation sites is 1. The first-order valence-electron chi connectivity index (χ1n) is 10.3. The Bertz CT molecular complexity index is 970. The number of urea groups is 1. The molecule has 0 saturated carbocycles. The minimum atomic E-state index is -0.464. The van der Waals surface area contributed by atoms with Crippen molar-refractivity contribution >= 4 is 11.7 Å². The monoisotopic (exact) mass is 411 g/mol. The number of hydrogen-bond donors (Lipinski definition) is 1. The molecule has 0 bridgehead atoms. The Kier molecular flexibility index (Phi) is 7.60. The molecule has 0 aliphatic rings. The molecule has 158 valence electrons. The second kappa shape index (κ2) is 10.6. The molecule has 0 aliphatic carbocycles. The van der Waals surface area contributed by atoms with Gasteiger partial charge in [0.05, 0.1) is 12.2 Å². The van der Waals surface area contributed by atoms with E-state index in [2.05, 4.69) is 12.2 Å². The van der Waals surface area contributed by atoms with Gasteiger partial charge in [-0.15, -0.1) is 0 Å². The lowest BCUT2D eigenvalue weighted by Crippen LogP contribution is -2.36. The van der Waals surface area contributed by atoms with E-state index in [1.54, 1.807) is 29.2 Å². The van der Waals surface area contributed by atoms with Crippen molar-refractivity contribution in [1.82, 2.24) is 9.47 Å². The molecule has 1 heterocycles. The van der Waals surface area contributed by atoms with E-state index in [1.165, 1.54) is 18.2 Å². The van der Waals surface area contributed by atoms with Gasteiger partial charge in [-0.1, -0.05) is 44.0 Å². The number of hydrogen-bond acceptors (Lipinski definition) is 1. The van der Waals surface area contributed by atoms with Gasteiger partial charge in [-0.3, -0.25) is 0 Å². The molecule has 0 radical (unpaired) electrons. The number of anilines is 1. The maximum atomic E-state index is 14.0. The lowest BCUT2D eigenvalue weighted by Gasteiger charge is -2.24. The van der Waals surface area contributed by atoms with Crippen LogP contribution in [0.15, 0.2) is 66.9 Å². The van der Waals surface area contributed by atoms with Gasteiger partial charge in [0.25, 0.3) is 0 Å². The fourth-order valence-electron chi connectivity index (χ4n) is 3.34. The number of nitrogens with zero attached hydrogens (tertiary/aromatic N) is 2. The van der Waals surface area contributed by atoms with Gasteiger partial charge in [-0.05, 0) is 48.4 Å². The Labute approximate surface area is 176 Å². The average Bonchev–Trinajstić information content (AvgIpc) is 3.15. The van der Waals surface area contributed by atoms with E-state index in [4.69, 9.17) is 0 Å². The molecule has 2 aromatic carbocycles. The number of unbranched alkanes of at least 4 members (excludes halogenated alkanes) is 2. The molecule has 0 atom stereocenters. The number of halogens is 2. The maximum Gasteiger partial charge on any atom is 0.322 e. The fourth-order valence-corrected chi connectivity index (χ4v) is 3.34. The Morgan fingerprint density at radius 1 is 1.03 bits per heavy atom. The molecule has 0 spiro atoms. The van der Waals surface area contributed by atoms with Crippen LogP contribution in [-0.2, 0) is 13.1 Å². The molecule has 1 aromatic heterocycles. The molecule has 0 fully saturated rings. The van der Waals surface area contributed by atoms with E-state index in [0.717, 1.165) is 30.5 Å². The molecular formula is C24H27F2N3O. The lowest BCUT2D eigenvalue weighted by molar-refractivity contribution is 0.206. The number of rotatable bonds is 9. The molecule has 0 unspecified atom stereocenters. The Morgan fingerprint density at radius 2 is 1.87 bits per heavy atom. The van der Waals surface area contributed by atoms with E-state index in [9.17, 15) is 13.6 Å². The van der Waals surface area contributed by atoms with Gasteiger partial charge in [0.2, 0.25) is 0 Å². The number of amides is 2. The van der Waals surface area contributed by atoms with Gasteiger partial charge >= 0.3 is 6.03 Å². The van der Waals surface area contributed by atoms with Crippen molar-refractivity contribution in [3.05, 3.63) is 89.8 Å². The average molecular weight is 411 g/mol. The van der Waals surface area contributed by atoms with Crippen LogP contribution in [0.25, 0.3) is 0 Å². The molecule has 2 amide bonds. The van der Waals surface area contributed by atoms with Crippen molar-refractivity contribution < 1.29 is 13.6 Å². The fraction of sp³-hybridized carbons (Fsp3) is 0.292. The number of carbonyl (C=O) groups excluding carboxylic acids is 1. The zero-order valence-electron chi connectivity index (χ0n) is 17.2. The van der Waals surface area contributed by atoms with Gasteiger partial charge in [0.15, 0.2) is 0 Å². The van der Waals surface area contributed by atoms with Crippen molar-refractivity contribution in [3.8, 4) is 0 Å². The lowest BCUT2D eigenvalue weighted by atomic mass is 10.2. The zero-order chi connectivity index (χ0) is 21.3. The highest BCUT2D eigenvalue weighted by Crippen LogP contribution is 2.16. The van der Waals surface area contributed by atoms with E-state index >= 15 is 0 Å². The van der Waals surface area contributed by atoms with Crippen molar-refractivity contribution in [2.24, 2.45) is 0 Å². The summed E-state index contributed by atoms with van der Waals surface area (Å²) in [5.74, 6) is -0.736. The van der Waals surface area contributed by atoms with Crippen LogP contribution in [-0.4, -0.2) is 22.0 Å². The van der Waals surface area contributed by atoms with Gasteiger partial charge in [-0.2, -0.15) is 0 Å². The summed E-state index contributed by atoms with van der Waals surface area (Å²) in [6.45, 7) is 3.57. The van der Waals surface area contributed by atoms with E-state index in [0.29, 0.717) is 19.6 Å². The quantitative estimate of drug-likeness (QED) is 0.428. The number of nitrogens with one attached hydrogen (secondary N) is 1. The third-order valence-corrected chi connectivity index (χ3v) is 4.95. The smallest absolute Gasteiger partial charge is 0.322 e. The highest BCUT2D eigenvalue weighted by molar-refractivity contribution is 5.89. The standard InChI is InChI=1S/C24H27F2N3O/c1-2-3-6-14-29(24(30)27-23-13-5-4-12-22(23)26)18-21-11-8-15-28(21)17-19-9-7-10-20(25)16-19/h4-5,7-13,15-16H,2-3,6,14,17-18H2,1H3,(H,27,30). The normalized spacial score (nSPS) is 10.8. The van der Waals surface area contributed by atoms with Crippen molar-refractivity contribution in [2.45, 2.75) is 39.3 Å². The minimum Gasteiger partial charge on any atom is -0.345 e. The number of benzene rings is 2. The van der Waals surface area contributed by atoms with Gasteiger partial charge in [0.1, 0.15) is 11.6 Å². The molecule has 3 aromatic rings. The molecule has 30 heavy (non-hydrogen) atoms. The second-order valence-corrected chi connectivity index (χ2v) is 7.30. The molecule has 1 N–H and O–H groups in total. The summed E-state index contributed by atoms with van der Waals surface area (Å²) in [5, 5.41) is 2.68. The summed E-state index contributed by atoms with van der Waals surface area (Å²) in [6.07, 6.45) is 4.83. The molecular weight excluding hydrogens is 384 g/mol. The van der Waals surface area contributed by atoms with E-state index in [1.807, 2.05) is 29.0 Å². The molecule has 3 rings (SSSR count). The van der Waals surface area contributed by atoms with Crippen molar-refractivity contribution in [3.63, 3.8) is 0 Å². The highest BCUT2D eigenvalue weighted by atomic mass is 19.1. The van der Waals surface area contributed by atoms with Crippen LogP contribution in [0.1, 0.15) is 37.4 Å². The van der Waals surface area contributed by atoms with Crippen LogP contribution in [0, 0.1) is 11.6 Å². The molecule has 0 saturated heterocycles. The first kappa shape index (κ1) is 21.6. The second-order valence-electron chi connectivity index (χ2n) is 7.30. The Hall–Kier alpha value is -3.15. The SMILES string of the molecule is CCCCCN(Cc1cccn1Cc1cccc(F)c1)C(=O)Nc1ccccc1F. The zero-order valence-corrected chi connectivity index (χ0v) is 17.2. The van der Waals surface area contributed by atoms with Crippen molar-refractivity contribution in [1.29, 1.82) is 0 Å². The summed E-state index contributed by atoms with van der Waals surface area (Å²) >= 11 is 0. The first-order valence-corrected chi connectivity index (χ1v) is 10.3. The summed E-state index contributed by atoms with van der Waals surface area (Å²) in [5.41, 5.74) is 1.94. The molecule has 4 nitrogen and oxygen atoms in total. The Balaban J connectivity index is 1.74. The van der Waals surface area contributed by atoms with Crippen LogP contribution < -0.4 is 5.32 Å². The minimum absolute atomic E-state index is 0.165. The van der Waals surface area contributed by atoms with Gasteiger partial charge in [0, 0.05) is 25.0 Å². The van der Waals surface area contributed by atoms with Crippen LogP contribution in [0.3, 0.4) is 0 Å². The number of aromatic nitrogens is 1. The van der Waals surface area contributed by atoms with Crippen LogP contribution in [0.4, 0.5) is 19.3 Å². The van der Waals surface area contributed by atoms with Gasteiger partial charge in [-0.25, -0.2) is 13.6 Å². The van der Waals surface area contributed by atoms with Crippen LogP contribution >= 0.6 is 0 Å². The van der Waals surface area contributed by atoms with Crippen LogP contribution in [0.5, 0.6) is 0 Å². The highest BCUT2D eigenvalue weighted by Gasteiger charge is 2.17. The molecule has 0 aliphatic heterocycles. The van der Waals surface area contributed by atoms with E-state index in [-0.39, 0.29) is 17.5 Å². The van der Waals surface area contributed by atoms with E-state index < -0.39 is 5.82 Å². The van der Waals surface area contributed by atoms with Crippen molar-refractivity contribution in [2.75, 3.05) is 11.9 Å². The largest absolute Gasteiger partial charge is 0.345 e. The predicted octanol–water partition coefficient (Wildman–Crippen LogP) is 6.04. The maximum absolute atomic E-state index is 14.0. The third-order valence-electron chi connectivity index (χ3n) is 4.95. The molecule has 6 heteroatoms. The Morgan fingerprint density at radius 3 is 2.63 bits per heavy atom. The number of carbonyl (C=O) groups is 1. The summed E-state index contributed by atoms with van der Waals surface area (Å²) in [4.78, 5) is 14.6. The summed E-state index contributed by atoms with van der Waals surface area (Å²) in [7, 11) is 0. The third kappa shape index (κ3) is 5.92. The predicted molar refractivity (Wildman–Crippen MR) is 115 cm³/mol. The first-order chi connectivity index (χ1) is 14.6. The van der Waals surface area contributed by atoms with Crippen LogP contribution in [0.2, 0.25) is 0 Å². The summed E-state index contributed by atoms with van der Waals surface area (Å²) in [6, 6.07) is 16.1. The summed E-state index contributed by atoms with van der Waals surface area (Å²) < 4.78 is 29.5. The van der Waals surface area contributed by atoms with Gasteiger partial charge < -0.3 is 14.8 Å². The topological polar surface area (TPSA) is 37.3 Å².